The molecule has 0 atom stereocenters. The van der Waals surface area contributed by atoms with Crippen LogP contribution in [0.15, 0.2) is 72.8 Å². The highest BCUT2D eigenvalue weighted by molar-refractivity contribution is 7.80. The van der Waals surface area contributed by atoms with Crippen molar-refractivity contribution in [1.82, 2.24) is 10.3 Å². The lowest BCUT2D eigenvalue weighted by atomic mass is 10.2. The summed E-state index contributed by atoms with van der Waals surface area (Å²) in [5, 5.41) is 6.66. The van der Waals surface area contributed by atoms with Crippen molar-refractivity contribution in [2.24, 2.45) is 0 Å². The number of rotatable bonds is 3. The third kappa shape index (κ3) is 4.05. The molecule has 3 aromatic carbocycles. The molecule has 1 amide bonds. The first-order valence-electron chi connectivity index (χ1n) is 8.42. The second-order valence-corrected chi connectivity index (χ2v) is 7.42. The Morgan fingerprint density at radius 1 is 0.964 bits per heavy atom. The Bertz CT molecular complexity index is 1120. The summed E-state index contributed by atoms with van der Waals surface area (Å²) in [6.07, 6.45) is 0. The molecule has 0 aliphatic heterocycles. The number of amides is 1. The van der Waals surface area contributed by atoms with E-state index in [0.717, 1.165) is 26.5 Å². The fourth-order valence-corrected chi connectivity index (χ4v) is 3.81. The van der Waals surface area contributed by atoms with Crippen LogP contribution < -0.4 is 10.6 Å². The highest BCUT2D eigenvalue weighted by Gasteiger charge is 2.09. The molecular weight excluding hydrogens is 393 g/mol. The number of halogens is 1. The summed E-state index contributed by atoms with van der Waals surface area (Å²) in [6, 6.07) is 20.9. The van der Waals surface area contributed by atoms with Gasteiger partial charge in [-0.3, -0.25) is 10.1 Å². The molecule has 0 aliphatic carbocycles. The monoisotopic (exact) mass is 407 g/mol. The van der Waals surface area contributed by atoms with E-state index in [4.69, 9.17) is 12.2 Å². The number of aromatic nitrogens is 1. The summed E-state index contributed by atoms with van der Waals surface area (Å²) < 4.78 is 14.1. The summed E-state index contributed by atoms with van der Waals surface area (Å²) in [7, 11) is 0. The Labute approximate surface area is 170 Å². The fraction of sp³-hybridized carbons (Fsp3) is 0. The van der Waals surface area contributed by atoms with E-state index in [-0.39, 0.29) is 5.11 Å². The number of nitrogens with one attached hydrogen (secondary N) is 2. The molecule has 28 heavy (non-hydrogen) atoms. The van der Waals surface area contributed by atoms with Gasteiger partial charge in [0.05, 0.1) is 10.2 Å². The highest BCUT2D eigenvalue weighted by Crippen LogP contribution is 2.30. The lowest BCUT2D eigenvalue weighted by Gasteiger charge is -2.10. The molecule has 0 unspecified atom stereocenters. The first-order valence-corrected chi connectivity index (χ1v) is 9.65. The number of fused-ring (bicyclic) bond motifs is 1. The molecule has 4 rings (SSSR count). The average Bonchev–Trinajstić information content (AvgIpc) is 3.13. The van der Waals surface area contributed by atoms with E-state index in [0.29, 0.717) is 5.56 Å². The number of benzene rings is 3. The van der Waals surface area contributed by atoms with Crippen LogP contribution >= 0.6 is 23.6 Å². The molecule has 0 fully saturated rings. The SMILES string of the molecule is O=C(NC(=S)Nc1ccc(-c2nc3ccccc3s2)cc1)c1ccc(F)cc1. The Morgan fingerprint density at radius 3 is 2.39 bits per heavy atom. The molecule has 138 valence electrons. The van der Waals surface area contributed by atoms with Gasteiger partial charge in [-0.2, -0.15) is 0 Å². The van der Waals surface area contributed by atoms with Crippen LogP contribution in [0.25, 0.3) is 20.8 Å². The van der Waals surface area contributed by atoms with Crippen molar-refractivity contribution in [2.45, 2.75) is 0 Å². The normalized spacial score (nSPS) is 10.6. The number of hydrogen-bond acceptors (Lipinski definition) is 4. The smallest absolute Gasteiger partial charge is 0.257 e. The fourth-order valence-electron chi connectivity index (χ4n) is 2.63. The standard InChI is InChI=1S/C21H14FN3OS2/c22-15-9-5-13(6-10-15)19(26)25-21(27)23-16-11-7-14(8-12-16)20-24-17-3-1-2-4-18(17)28-20/h1-12H,(H2,23,25,26,27). The van der Waals surface area contributed by atoms with Crippen LogP contribution in [0.5, 0.6) is 0 Å². The molecule has 0 saturated carbocycles. The van der Waals surface area contributed by atoms with Crippen LogP contribution in [0, 0.1) is 5.82 Å². The molecule has 4 aromatic rings. The number of carbonyl (C=O) groups is 1. The maximum absolute atomic E-state index is 12.9. The predicted molar refractivity (Wildman–Crippen MR) is 115 cm³/mol. The minimum absolute atomic E-state index is 0.169. The maximum atomic E-state index is 12.9. The van der Waals surface area contributed by atoms with Gasteiger partial charge in [0.15, 0.2) is 5.11 Å². The van der Waals surface area contributed by atoms with Crippen molar-refractivity contribution in [3.63, 3.8) is 0 Å². The van der Waals surface area contributed by atoms with Gasteiger partial charge < -0.3 is 5.32 Å². The van der Waals surface area contributed by atoms with Crippen LogP contribution in [-0.4, -0.2) is 16.0 Å². The number of nitrogens with zero attached hydrogens (tertiary/aromatic N) is 1. The van der Waals surface area contributed by atoms with Gasteiger partial charge in [-0.15, -0.1) is 11.3 Å². The van der Waals surface area contributed by atoms with Gasteiger partial charge in [-0.05, 0) is 72.9 Å². The molecule has 0 radical (unpaired) electrons. The average molecular weight is 407 g/mol. The molecular formula is C21H14FN3OS2. The van der Waals surface area contributed by atoms with Crippen LogP contribution in [0.3, 0.4) is 0 Å². The predicted octanol–water partition coefficient (Wildman–Crippen LogP) is 5.23. The Kier molecular flexibility index (Phi) is 5.10. The minimum atomic E-state index is -0.399. The van der Waals surface area contributed by atoms with Gasteiger partial charge in [-0.1, -0.05) is 12.1 Å². The summed E-state index contributed by atoms with van der Waals surface area (Å²) in [5.74, 6) is -0.797. The van der Waals surface area contributed by atoms with Crippen LogP contribution in [0.4, 0.5) is 10.1 Å². The number of carbonyl (C=O) groups excluding carboxylic acids is 1. The van der Waals surface area contributed by atoms with Crippen molar-refractivity contribution < 1.29 is 9.18 Å². The first kappa shape index (κ1) is 18.2. The van der Waals surface area contributed by atoms with Crippen LogP contribution in [-0.2, 0) is 0 Å². The van der Waals surface area contributed by atoms with E-state index in [1.807, 2.05) is 42.5 Å². The molecule has 1 heterocycles. The molecule has 0 saturated heterocycles. The number of thiazole rings is 1. The minimum Gasteiger partial charge on any atom is -0.332 e. The van der Waals surface area contributed by atoms with E-state index >= 15 is 0 Å². The molecule has 2 N–H and O–H groups in total. The van der Waals surface area contributed by atoms with Gasteiger partial charge >= 0.3 is 0 Å². The lowest BCUT2D eigenvalue weighted by molar-refractivity contribution is 0.0977. The van der Waals surface area contributed by atoms with Gasteiger partial charge in [0.2, 0.25) is 0 Å². The third-order valence-electron chi connectivity index (χ3n) is 4.02. The van der Waals surface area contributed by atoms with Gasteiger partial charge in [0.1, 0.15) is 10.8 Å². The van der Waals surface area contributed by atoms with E-state index in [1.54, 1.807) is 11.3 Å². The second-order valence-electron chi connectivity index (χ2n) is 5.98. The number of thiocarbonyl (C=S) groups is 1. The number of para-hydroxylation sites is 1. The summed E-state index contributed by atoms with van der Waals surface area (Å²) in [4.78, 5) is 16.8. The zero-order valence-electron chi connectivity index (χ0n) is 14.5. The Hall–Kier alpha value is -3.16. The molecule has 1 aromatic heterocycles. The van der Waals surface area contributed by atoms with E-state index < -0.39 is 11.7 Å². The Balaban J connectivity index is 1.41. The van der Waals surface area contributed by atoms with Crippen LogP contribution in [0.2, 0.25) is 0 Å². The van der Waals surface area contributed by atoms with E-state index in [1.165, 1.54) is 24.3 Å². The maximum Gasteiger partial charge on any atom is 0.257 e. The highest BCUT2D eigenvalue weighted by atomic mass is 32.1. The second kappa shape index (κ2) is 7.84. The van der Waals surface area contributed by atoms with Crippen molar-refractivity contribution in [3.05, 3.63) is 84.2 Å². The summed E-state index contributed by atoms with van der Waals surface area (Å²) in [5.41, 5.74) is 3.06. The van der Waals surface area contributed by atoms with Crippen molar-refractivity contribution in [1.29, 1.82) is 0 Å². The number of anilines is 1. The van der Waals surface area contributed by atoms with Crippen molar-refractivity contribution in [3.8, 4) is 10.6 Å². The summed E-state index contributed by atoms with van der Waals surface area (Å²) >= 11 is 6.82. The lowest BCUT2D eigenvalue weighted by Crippen LogP contribution is -2.34. The van der Waals surface area contributed by atoms with Crippen molar-refractivity contribution in [2.75, 3.05) is 5.32 Å². The zero-order valence-corrected chi connectivity index (χ0v) is 16.1. The quantitative estimate of drug-likeness (QED) is 0.457. The first-order chi connectivity index (χ1) is 13.6. The molecule has 4 nitrogen and oxygen atoms in total. The topological polar surface area (TPSA) is 54.0 Å². The van der Waals surface area contributed by atoms with Crippen LogP contribution in [0.1, 0.15) is 10.4 Å². The molecule has 0 spiro atoms. The Morgan fingerprint density at radius 2 is 1.68 bits per heavy atom. The molecule has 0 bridgehead atoms. The van der Waals surface area contributed by atoms with Gasteiger partial charge in [0, 0.05) is 16.8 Å². The van der Waals surface area contributed by atoms with Crippen molar-refractivity contribution >= 4 is 50.5 Å². The molecule has 0 aliphatic rings. The van der Waals surface area contributed by atoms with E-state index in [2.05, 4.69) is 21.7 Å². The van der Waals surface area contributed by atoms with E-state index in [9.17, 15) is 9.18 Å². The third-order valence-corrected chi connectivity index (χ3v) is 5.31. The van der Waals surface area contributed by atoms with Gasteiger partial charge in [0.25, 0.3) is 5.91 Å². The van der Waals surface area contributed by atoms with Gasteiger partial charge in [-0.25, -0.2) is 9.37 Å². The zero-order chi connectivity index (χ0) is 19.5. The number of hydrogen-bond donors (Lipinski definition) is 2. The summed E-state index contributed by atoms with van der Waals surface area (Å²) in [6.45, 7) is 0. The largest absolute Gasteiger partial charge is 0.332 e. The molecule has 7 heteroatoms.